The van der Waals surface area contributed by atoms with E-state index in [1.165, 1.54) is 16.7 Å². The Labute approximate surface area is 172 Å². The van der Waals surface area contributed by atoms with Gasteiger partial charge in [-0.15, -0.1) is 0 Å². The molecule has 0 saturated carbocycles. The number of nitrogens with zero attached hydrogens (tertiary/aromatic N) is 2. The van der Waals surface area contributed by atoms with Crippen LogP contribution >= 0.6 is 24.0 Å². The molecule has 1 aromatic heterocycles. The van der Waals surface area contributed by atoms with Gasteiger partial charge in [0.25, 0.3) is 5.91 Å². The summed E-state index contributed by atoms with van der Waals surface area (Å²) >= 11 is 6.53. The van der Waals surface area contributed by atoms with Gasteiger partial charge in [-0.1, -0.05) is 36.1 Å². The van der Waals surface area contributed by atoms with Crippen LogP contribution in [0.3, 0.4) is 0 Å². The van der Waals surface area contributed by atoms with Crippen molar-refractivity contribution in [1.29, 1.82) is 0 Å². The van der Waals surface area contributed by atoms with Gasteiger partial charge in [0.2, 0.25) is 5.91 Å². The maximum absolute atomic E-state index is 12.8. The number of thioether (sulfide) groups is 1. The molecule has 1 aliphatic heterocycles. The van der Waals surface area contributed by atoms with E-state index in [1.54, 1.807) is 32.6 Å². The Morgan fingerprint density at radius 3 is 3.04 bits per heavy atom. The van der Waals surface area contributed by atoms with Crippen LogP contribution in [-0.4, -0.2) is 50.7 Å². The van der Waals surface area contributed by atoms with E-state index < -0.39 is 6.04 Å². The predicted molar refractivity (Wildman–Crippen MR) is 113 cm³/mol. The molecule has 146 valence electrons. The van der Waals surface area contributed by atoms with Crippen LogP contribution < -0.4 is 10.1 Å². The first-order valence-corrected chi connectivity index (χ1v) is 9.88. The summed E-state index contributed by atoms with van der Waals surface area (Å²) in [5.74, 6) is 0.182. The SMILES string of the molecule is COc1cccc(C=C2SC(=S)N(C(C)C(=O)NCCc3cnc[nH]3)C2=O)c1. The number of benzene rings is 1. The minimum Gasteiger partial charge on any atom is -0.497 e. The molecule has 0 aliphatic carbocycles. The van der Waals surface area contributed by atoms with Gasteiger partial charge in [-0.3, -0.25) is 14.5 Å². The fourth-order valence-corrected chi connectivity index (χ4v) is 4.12. The Bertz CT molecular complexity index is 912. The van der Waals surface area contributed by atoms with Crippen LogP contribution in [0.1, 0.15) is 18.2 Å². The standard InChI is InChI=1S/C19H20N4O3S2/c1-12(17(24)21-7-6-14-10-20-11-22-14)23-18(25)16(28-19(23)27)9-13-4-3-5-15(8-13)26-2/h3-5,8-12H,6-7H2,1-2H3,(H,20,22)(H,21,24). The number of imidazole rings is 1. The number of rotatable bonds is 7. The summed E-state index contributed by atoms with van der Waals surface area (Å²) in [6, 6.07) is 6.70. The van der Waals surface area contributed by atoms with Crippen LogP contribution in [0.2, 0.25) is 0 Å². The summed E-state index contributed by atoms with van der Waals surface area (Å²) in [5.41, 5.74) is 1.76. The minimum atomic E-state index is -0.689. The van der Waals surface area contributed by atoms with Gasteiger partial charge in [0.15, 0.2) is 0 Å². The number of thiocarbonyl (C=S) groups is 1. The zero-order valence-electron chi connectivity index (χ0n) is 15.5. The minimum absolute atomic E-state index is 0.251. The molecular formula is C19H20N4O3S2. The van der Waals surface area contributed by atoms with Gasteiger partial charge in [0.1, 0.15) is 16.1 Å². The molecule has 1 aromatic carbocycles. The first-order chi connectivity index (χ1) is 13.5. The fourth-order valence-electron chi connectivity index (χ4n) is 2.70. The van der Waals surface area contributed by atoms with Gasteiger partial charge in [0, 0.05) is 24.9 Å². The summed E-state index contributed by atoms with van der Waals surface area (Å²) < 4.78 is 5.58. The van der Waals surface area contributed by atoms with Gasteiger partial charge in [-0.05, 0) is 30.7 Å². The lowest BCUT2D eigenvalue weighted by molar-refractivity contribution is -0.132. The highest BCUT2D eigenvalue weighted by molar-refractivity contribution is 8.26. The van der Waals surface area contributed by atoms with Gasteiger partial charge < -0.3 is 15.0 Å². The molecule has 0 bridgehead atoms. The molecule has 2 aromatic rings. The molecule has 7 nitrogen and oxygen atoms in total. The van der Waals surface area contributed by atoms with Crippen molar-refractivity contribution in [2.24, 2.45) is 0 Å². The number of methoxy groups -OCH3 is 1. The topological polar surface area (TPSA) is 87.3 Å². The van der Waals surface area contributed by atoms with Crippen molar-refractivity contribution < 1.29 is 14.3 Å². The number of nitrogens with one attached hydrogen (secondary N) is 2. The van der Waals surface area contributed by atoms with E-state index in [4.69, 9.17) is 17.0 Å². The predicted octanol–water partition coefficient (Wildman–Crippen LogP) is 2.37. The molecule has 1 saturated heterocycles. The second-order valence-corrected chi connectivity index (χ2v) is 7.80. The normalized spacial score (nSPS) is 16.5. The van der Waals surface area contributed by atoms with E-state index in [1.807, 2.05) is 24.3 Å². The Hall–Kier alpha value is -2.65. The summed E-state index contributed by atoms with van der Waals surface area (Å²) in [4.78, 5) is 34.0. The molecule has 0 spiro atoms. The average molecular weight is 417 g/mol. The number of aromatic nitrogens is 2. The molecule has 2 heterocycles. The van der Waals surface area contributed by atoms with Crippen LogP contribution in [0.15, 0.2) is 41.7 Å². The number of hydrogen-bond donors (Lipinski definition) is 2. The maximum Gasteiger partial charge on any atom is 0.266 e. The summed E-state index contributed by atoms with van der Waals surface area (Å²) in [7, 11) is 1.59. The lowest BCUT2D eigenvalue weighted by Gasteiger charge is -2.22. The molecule has 1 aliphatic rings. The first kappa shape index (κ1) is 20.1. The third-order valence-electron chi connectivity index (χ3n) is 4.23. The van der Waals surface area contributed by atoms with Crippen molar-refractivity contribution in [3.63, 3.8) is 0 Å². The highest BCUT2D eigenvalue weighted by Gasteiger charge is 2.38. The second kappa shape index (κ2) is 9.03. The Balaban J connectivity index is 1.64. The number of aromatic amines is 1. The Morgan fingerprint density at radius 2 is 2.32 bits per heavy atom. The van der Waals surface area contributed by atoms with E-state index in [0.29, 0.717) is 27.9 Å². The van der Waals surface area contributed by atoms with E-state index >= 15 is 0 Å². The number of H-pyrrole nitrogens is 1. The van der Waals surface area contributed by atoms with Crippen molar-refractivity contribution in [2.45, 2.75) is 19.4 Å². The fraction of sp³-hybridized carbons (Fsp3) is 0.263. The quantitative estimate of drug-likeness (QED) is 0.532. The van der Waals surface area contributed by atoms with Crippen molar-refractivity contribution >= 4 is 46.2 Å². The molecule has 1 unspecified atom stereocenters. The molecule has 0 radical (unpaired) electrons. The molecule has 3 rings (SSSR count). The molecule has 1 fully saturated rings. The van der Waals surface area contributed by atoms with Crippen molar-refractivity contribution in [3.8, 4) is 5.75 Å². The monoisotopic (exact) mass is 416 g/mol. The van der Waals surface area contributed by atoms with Crippen molar-refractivity contribution in [2.75, 3.05) is 13.7 Å². The zero-order valence-corrected chi connectivity index (χ0v) is 17.1. The molecule has 28 heavy (non-hydrogen) atoms. The average Bonchev–Trinajstić information content (AvgIpc) is 3.29. The molecule has 2 N–H and O–H groups in total. The van der Waals surface area contributed by atoms with Crippen LogP contribution in [-0.2, 0) is 16.0 Å². The lowest BCUT2D eigenvalue weighted by atomic mass is 10.2. The molecular weight excluding hydrogens is 396 g/mol. The zero-order chi connectivity index (χ0) is 20.1. The lowest BCUT2D eigenvalue weighted by Crippen LogP contribution is -2.47. The van der Waals surface area contributed by atoms with Crippen LogP contribution in [0.4, 0.5) is 0 Å². The number of hydrogen-bond acceptors (Lipinski definition) is 6. The molecule has 9 heteroatoms. The van der Waals surface area contributed by atoms with Crippen molar-refractivity contribution in [3.05, 3.63) is 53.0 Å². The highest BCUT2D eigenvalue weighted by Crippen LogP contribution is 2.34. The smallest absolute Gasteiger partial charge is 0.266 e. The van der Waals surface area contributed by atoms with Gasteiger partial charge in [-0.2, -0.15) is 0 Å². The number of carbonyl (C=O) groups is 2. The number of carbonyl (C=O) groups excluding carboxylic acids is 2. The maximum atomic E-state index is 12.8. The van der Waals surface area contributed by atoms with Gasteiger partial charge in [-0.25, -0.2) is 4.98 Å². The third kappa shape index (κ3) is 4.60. The third-order valence-corrected chi connectivity index (χ3v) is 5.56. The second-order valence-electron chi connectivity index (χ2n) is 6.12. The van der Waals surface area contributed by atoms with E-state index in [0.717, 1.165) is 11.3 Å². The summed E-state index contributed by atoms with van der Waals surface area (Å²) in [5, 5.41) is 2.83. The number of amides is 2. The van der Waals surface area contributed by atoms with E-state index in [-0.39, 0.29) is 11.8 Å². The Kier molecular flexibility index (Phi) is 6.48. The Morgan fingerprint density at radius 1 is 1.50 bits per heavy atom. The summed E-state index contributed by atoms with van der Waals surface area (Å²) in [6.07, 6.45) is 5.69. The largest absolute Gasteiger partial charge is 0.497 e. The van der Waals surface area contributed by atoms with Gasteiger partial charge in [0.05, 0.1) is 18.3 Å². The van der Waals surface area contributed by atoms with Crippen LogP contribution in [0.25, 0.3) is 6.08 Å². The van der Waals surface area contributed by atoms with Crippen LogP contribution in [0, 0.1) is 0 Å². The van der Waals surface area contributed by atoms with E-state index in [9.17, 15) is 9.59 Å². The van der Waals surface area contributed by atoms with Crippen LogP contribution in [0.5, 0.6) is 5.75 Å². The highest BCUT2D eigenvalue weighted by atomic mass is 32.2. The first-order valence-electron chi connectivity index (χ1n) is 8.65. The van der Waals surface area contributed by atoms with E-state index in [2.05, 4.69) is 15.3 Å². The van der Waals surface area contributed by atoms with Gasteiger partial charge >= 0.3 is 0 Å². The molecule has 2 amide bonds. The number of ether oxygens (including phenoxy) is 1. The molecule has 1 atom stereocenters. The van der Waals surface area contributed by atoms with Crippen molar-refractivity contribution in [1.82, 2.24) is 20.2 Å². The summed E-state index contributed by atoms with van der Waals surface area (Å²) in [6.45, 7) is 2.12.